The van der Waals surface area contributed by atoms with E-state index in [4.69, 9.17) is 0 Å². The molecule has 0 unspecified atom stereocenters. The molecule has 0 saturated carbocycles. The van der Waals surface area contributed by atoms with Crippen molar-refractivity contribution in [1.29, 1.82) is 0 Å². The molecule has 2 rings (SSSR count). The molecule has 1 aliphatic rings. The van der Waals surface area contributed by atoms with Crippen molar-refractivity contribution in [3.63, 3.8) is 0 Å². The van der Waals surface area contributed by atoms with E-state index >= 15 is 0 Å². The quantitative estimate of drug-likeness (QED) is 0.666. The molecule has 1 aromatic rings. The fraction of sp³-hybridized carbons (Fsp3) is 0.455. The van der Waals surface area contributed by atoms with Crippen molar-refractivity contribution in [2.24, 2.45) is 0 Å². The molecule has 0 atom stereocenters. The van der Waals surface area contributed by atoms with Crippen LogP contribution < -0.4 is 10.6 Å². The van der Waals surface area contributed by atoms with Gasteiger partial charge in [0.25, 0.3) is 0 Å². The fourth-order valence-electron chi connectivity index (χ4n) is 1.76. The Morgan fingerprint density at radius 3 is 2.15 bits per heavy atom. The van der Waals surface area contributed by atoms with Gasteiger partial charge in [0.15, 0.2) is 0 Å². The molecule has 2 heteroatoms. The fourth-order valence-corrected chi connectivity index (χ4v) is 1.76. The highest BCUT2D eigenvalue weighted by molar-refractivity contribution is 5.20. The van der Waals surface area contributed by atoms with Gasteiger partial charge in [0, 0.05) is 32.1 Å². The third-order valence-corrected chi connectivity index (χ3v) is 2.53. The Morgan fingerprint density at radius 2 is 1.54 bits per heavy atom. The number of benzene rings is 1. The maximum Gasteiger partial charge on any atom is 0.00885 e. The lowest BCUT2D eigenvalue weighted by Gasteiger charge is -2.14. The summed E-state index contributed by atoms with van der Waals surface area (Å²) in [6, 6.07) is 10.7. The molecule has 1 saturated heterocycles. The molecule has 1 aromatic carbocycles. The first kappa shape index (κ1) is 8.73. The summed E-state index contributed by atoms with van der Waals surface area (Å²) in [6.07, 6.45) is 0. The Morgan fingerprint density at radius 1 is 0.923 bits per heavy atom. The van der Waals surface area contributed by atoms with Gasteiger partial charge in [-0.15, -0.1) is 0 Å². The zero-order chi connectivity index (χ0) is 8.93. The topological polar surface area (TPSA) is 24.1 Å². The number of hydrogen-bond acceptors (Lipinski definition) is 2. The molecule has 70 valence electrons. The van der Waals surface area contributed by atoms with E-state index in [-0.39, 0.29) is 0 Å². The molecule has 0 aliphatic carbocycles. The van der Waals surface area contributed by atoms with Gasteiger partial charge >= 0.3 is 0 Å². The maximum absolute atomic E-state index is 3.43. The van der Waals surface area contributed by atoms with E-state index in [9.17, 15) is 0 Å². The van der Waals surface area contributed by atoms with Gasteiger partial charge in [-0.25, -0.2) is 0 Å². The van der Waals surface area contributed by atoms with Crippen LogP contribution in [0.4, 0.5) is 0 Å². The lowest BCUT2D eigenvalue weighted by atomic mass is 9.99. The highest BCUT2D eigenvalue weighted by Crippen LogP contribution is 2.14. The summed E-state index contributed by atoms with van der Waals surface area (Å²) in [5, 5.41) is 6.87. The predicted octanol–water partition coefficient (Wildman–Crippen LogP) is 0.963. The zero-order valence-corrected chi connectivity index (χ0v) is 7.79. The molecule has 1 heterocycles. The van der Waals surface area contributed by atoms with Gasteiger partial charge in [-0.05, 0) is 5.56 Å². The Balaban J connectivity index is 2.06. The SMILES string of the molecule is c1ccc(C2CNCCNC2)cc1. The van der Waals surface area contributed by atoms with Crippen LogP contribution in [0.2, 0.25) is 0 Å². The average Bonchev–Trinajstić information content (AvgIpc) is 2.47. The minimum Gasteiger partial charge on any atom is -0.315 e. The first-order valence-corrected chi connectivity index (χ1v) is 4.93. The summed E-state index contributed by atoms with van der Waals surface area (Å²) in [6.45, 7) is 4.36. The van der Waals surface area contributed by atoms with Crippen LogP contribution in [0.1, 0.15) is 11.5 Å². The normalized spacial score (nSPS) is 19.7. The van der Waals surface area contributed by atoms with Crippen molar-refractivity contribution in [2.45, 2.75) is 5.92 Å². The molecule has 0 bridgehead atoms. The van der Waals surface area contributed by atoms with Crippen LogP contribution in [-0.4, -0.2) is 26.2 Å². The second-order valence-corrected chi connectivity index (χ2v) is 3.52. The minimum absolute atomic E-state index is 0.628. The summed E-state index contributed by atoms with van der Waals surface area (Å²) in [7, 11) is 0. The molecular weight excluding hydrogens is 160 g/mol. The molecule has 2 N–H and O–H groups in total. The average molecular weight is 176 g/mol. The predicted molar refractivity (Wildman–Crippen MR) is 54.9 cm³/mol. The monoisotopic (exact) mass is 176 g/mol. The Hall–Kier alpha value is -0.860. The highest BCUT2D eigenvalue weighted by Gasteiger charge is 2.12. The van der Waals surface area contributed by atoms with Crippen molar-refractivity contribution in [3.8, 4) is 0 Å². The smallest absolute Gasteiger partial charge is 0.00885 e. The molecular formula is C11H16N2. The standard InChI is InChI=1S/C11H16N2/c1-2-4-10(5-3-1)11-8-12-6-7-13-9-11/h1-5,11-13H,6-9H2. The Bertz CT molecular complexity index is 238. The lowest BCUT2D eigenvalue weighted by Crippen LogP contribution is -2.21. The molecule has 0 amide bonds. The number of hydrogen-bond donors (Lipinski definition) is 2. The molecule has 0 radical (unpaired) electrons. The molecule has 2 nitrogen and oxygen atoms in total. The van der Waals surface area contributed by atoms with Crippen LogP contribution in [0.3, 0.4) is 0 Å². The summed E-state index contributed by atoms with van der Waals surface area (Å²) in [5.41, 5.74) is 1.43. The van der Waals surface area contributed by atoms with Crippen molar-refractivity contribution in [2.75, 3.05) is 26.2 Å². The van der Waals surface area contributed by atoms with Crippen molar-refractivity contribution in [1.82, 2.24) is 10.6 Å². The highest BCUT2D eigenvalue weighted by atomic mass is 15.0. The van der Waals surface area contributed by atoms with E-state index in [2.05, 4.69) is 41.0 Å². The third kappa shape index (κ3) is 2.29. The van der Waals surface area contributed by atoms with Gasteiger partial charge in [0.05, 0.1) is 0 Å². The third-order valence-electron chi connectivity index (χ3n) is 2.53. The second-order valence-electron chi connectivity index (χ2n) is 3.52. The first-order valence-electron chi connectivity index (χ1n) is 4.93. The number of nitrogens with one attached hydrogen (secondary N) is 2. The van der Waals surface area contributed by atoms with Crippen LogP contribution in [0.15, 0.2) is 30.3 Å². The summed E-state index contributed by atoms with van der Waals surface area (Å²) in [5.74, 6) is 0.628. The first-order chi connectivity index (χ1) is 6.47. The van der Waals surface area contributed by atoms with Crippen molar-refractivity contribution < 1.29 is 0 Å². The molecule has 0 spiro atoms. The van der Waals surface area contributed by atoms with Gasteiger partial charge in [0.1, 0.15) is 0 Å². The van der Waals surface area contributed by atoms with E-state index in [1.54, 1.807) is 0 Å². The van der Waals surface area contributed by atoms with Crippen molar-refractivity contribution in [3.05, 3.63) is 35.9 Å². The van der Waals surface area contributed by atoms with Crippen LogP contribution in [0, 0.1) is 0 Å². The van der Waals surface area contributed by atoms with Gasteiger partial charge in [0.2, 0.25) is 0 Å². The van der Waals surface area contributed by atoms with Gasteiger partial charge in [-0.3, -0.25) is 0 Å². The van der Waals surface area contributed by atoms with E-state index < -0.39 is 0 Å². The number of rotatable bonds is 1. The van der Waals surface area contributed by atoms with Gasteiger partial charge < -0.3 is 10.6 Å². The van der Waals surface area contributed by atoms with Gasteiger partial charge in [-0.2, -0.15) is 0 Å². The van der Waals surface area contributed by atoms with Crippen LogP contribution >= 0.6 is 0 Å². The van der Waals surface area contributed by atoms with E-state index in [0.29, 0.717) is 5.92 Å². The minimum atomic E-state index is 0.628. The maximum atomic E-state index is 3.43. The largest absolute Gasteiger partial charge is 0.315 e. The van der Waals surface area contributed by atoms with Crippen LogP contribution in [0.5, 0.6) is 0 Å². The summed E-state index contributed by atoms with van der Waals surface area (Å²) < 4.78 is 0. The van der Waals surface area contributed by atoms with Crippen LogP contribution in [0.25, 0.3) is 0 Å². The second kappa shape index (κ2) is 4.40. The summed E-state index contributed by atoms with van der Waals surface area (Å²) >= 11 is 0. The Kier molecular flexibility index (Phi) is 2.95. The zero-order valence-electron chi connectivity index (χ0n) is 7.79. The molecule has 13 heavy (non-hydrogen) atoms. The van der Waals surface area contributed by atoms with Crippen molar-refractivity contribution >= 4 is 0 Å². The lowest BCUT2D eigenvalue weighted by molar-refractivity contribution is 0.628. The molecule has 0 aromatic heterocycles. The van der Waals surface area contributed by atoms with E-state index in [1.807, 2.05) is 0 Å². The molecule has 1 aliphatic heterocycles. The molecule has 1 fully saturated rings. The van der Waals surface area contributed by atoms with E-state index in [0.717, 1.165) is 26.2 Å². The van der Waals surface area contributed by atoms with E-state index in [1.165, 1.54) is 5.56 Å². The summed E-state index contributed by atoms with van der Waals surface area (Å²) in [4.78, 5) is 0. The Labute approximate surface area is 79.4 Å². The van der Waals surface area contributed by atoms with Crippen LogP contribution in [-0.2, 0) is 0 Å². The van der Waals surface area contributed by atoms with Gasteiger partial charge in [-0.1, -0.05) is 30.3 Å².